The van der Waals surface area contributed by atoms with Gasteiger partial charge >= 0.3 is 0 Å². The van der Waals surface area contributed by atoms with Crippen molar-refractivity contribution >= 4 is 27.3 Å². The van der Waals surface area contributed by atoms with Crippen LogP contribution in [-0.2, 0) is 21.2 Å². The Kier molecular flexibility index (Phi) is 4.82. The molecule has 0 aliphatic heterocycles. The Morgan fingerprint density at radius 2 is 1.64 bits per heavy atom. The Morgan fingerprint density at radius 1 is 1.05 bits per heavy atom. The molecule has 1 N–H and O–H groups in total. The summed E-state index contributed by atoms with van der Waals surface area (Å²) in [7, 11) is -1.79. The van der Waals surface area contributed by atoms with Gasteiger partial charge in [-0.3, -0.25) is 9.10 Å². The fourth-order valence-electron chi connectivity index (χ4n) is 1.93. The molecule has 0 heterocycles. The van der Waals surface area contributed by atoms with Gasteiger partial charge in [0.05, 0.1) is 18.4 Å². The lowest BCUT2D eigenvalue weighted by atomic mass is 10.1. The summed E-state index contributed by atoms with van der Waals surface area (Å²) in [6.07, 6.45) is 1.38. The summed E-state index contributed by atoms with van der Waals surface area (Å²) >= 11 is 0. The van der Waals surface area contributed by atoms with Gasteiger partial charge in [-0.15, -0.1) is 0 Å². The van der Waals surface area contributed by atoms with Crippen molar-refractivity contribution in [2.24, 2.45) is 0 Å². The van der Waals surface area contributed by atoms with Gasteiger partial charge in [0.1, 0.15) is 0 Å². The number of anilines is 2. The van der Waals surface area contributed by atoms with Gasteiger partial charge in [-0.1, -0.05) is 30.3 Å². The van der Waals surface area contributed by atoms with Crippen molar-refractivity contribution in [1.29, 1.82) is 0 Å². The quantitative estimate of drug-likeness (QED) is 0.919. The molecule has 0 radical (unpaired) electrons. The van der Waals surface area contributed by atoms with E-state index in [1.807, 2.05) is 30.3 Å². The van der Waals surface area contributed by atoms with Gasteiger partial charge in [-0.05, 0) is 29.8 Å². The van der Waals surface area contributed by atoms with Crippen molar-refractivity contribution in [2.75, 3.05) is 22.9 Å². The first-order chi connectivity index (χ1) is 10.4. The largest absolute Gasteiger partial charge is 0.326 e. The molecule has 0 spiro atoms. The molecule has 2 rings (SSSR count). The number of carbonyl (C=O) groups excluding carboxylic acids is 1. The molecule has 116 valence electrons. The predicted octanol–water partition coefficient (Wildman–Crippen LogP) is 2.26. The Labute approximate surface area is 130 Å². The van der Waals surface area contributed by atoms with E-state index in [-0.39, 0.29) is 12.3 Å². The van der Waals surface area contributed by atoms with Crippen molar-refractivity contribution in [3.8, 4) is 0 Å². The zero-order chi connectivity index (χ0) is 16.2. The molecular weight excluding hydrogens is 300 g/mol. The van der Waals surface area contributed by atoms with Gasteiger partial charge in [0, 0.05) is 12.7 Å². The molecule has 0 saturated carbocycles. The minimum Gasteiger partial charge on any atom is -0.326 e. The fourth-order valence-corrected chi connectivity index (χ4v) is 2.43. The number of para-hydroxylation sites is 1. The number of hydrogen-bond donors (Lipinski definition) is 1. The maximum atomic E-state index is 11.9. The lowest BCUT2D eigenvalue weighted by molar-refractivity contribution is -0.115. The molecule has 0 aliphatic carbocycles. The number of sulfonamides is 1. The molecule has 1 amide bonds. The van der Waals surface area contributed by atoms with Crippen LogP contribution in [0, 0.1) is 0 Å². The molecule has 0 saturated heterocycles. The first-order valence-electron chi connectivity index (χ1n) is 6.74. The summed E-state index contributed by atoms with van der Waals surface area (Å²) in [6, 6.07) is 16.1. The number of nitrogens with one attached hydrogen (secondary N) is 1. The second-order valence-electron chi connectivity index (χ2n) is 4.99. The van der Waals surface area contributed by atoms with E-state index in [2.05, 4.69) is 5.32 Å². The summed E-state index contributed by atoms with van der Waals surface area (Å²) in [5.41, 5.74) is 2.13. The first kappa shape index (κ1) is 16.0. The highest BCUT2D eigenvalue weighted by Gasteiger charge is 2.12. The topological polar surface area (TPSA) is 66.5 Å². The second-order valence-corrected chi connectivity index (χ2v) is 7.00. The molecule has 0 aromatic heterocycles. The zero-order valence-corrected chi connectivity index (χ0v) is 13.3. The van der Waals surface area contributed by atoms with Crippen molar-refractivity contribution in [1.82, 2.24) is 0 Å². The molecule has 0 bridgehead atoms. The number of nitrogens with zero attached hydrogens (tertiary/aromatic N) is 1. The van der Waals surface area contributed by atoms with Gasteiger partial charge in [-0.25, -0.2) is 8.42 Å². The van der Waals surface area contributed by atoms with Gasteiger partial charge in [0.2, 0.25) is 15.9 Å². The molecule has 2 aromatic carbocycles. The Balaban J connectivity index is 2.01. The van der Waals surface area contributed by atoms with E-state index in [4.69, 9.17) is 0 Å². The average molecular weight is 318 g/mol. The summed E-state index contributed by atoms with van der Waals surface area (Å²) < 4.78 is 24.1. The van der Waals surface area contributed by atoms with Gasteiger partial charge in [0.15, 0.2) is 0 Å². The Bertz CT molecular complexity index is 741. The lowest BCUT2D eigenvalue weighted by Crippen LogP contribution is -2.24. The van der Waals surface area contributed by atoms with E-state index in [9.17, 15) is 13.2 Å². The maximum Gasteiger partial charge on any atom is 0.231 e. The third-order valence-electron chi connectivity index (χ3n) is 3.22. The van der Waals surface area contributed by atoms with Gasteiger partial charge < -0.3 is 5.32 Å². The van der Waals surface area contributed by atoms with E-state index in [0.29, 0.717) is 5.69 Å². The number of carbonyl (C=O) groups is 1. The molecule has 22 heavy (non-hydrogen) atoms. The monoisotopic (exact) mass is 318 g/mol. The van der Waals surface area contributed by atoms with Crippen LogP contribution in [0.4, 0.5) is 11.4 Å². The van der Waals surface area contributed by atoms with Crippen LogP contribution in [-0.4, -0.2) is 27.6 Å². The fraction of sp³-hybridized carbons (Fsp3) is 0.188. The van der Waals surface area contributed by atoms with E-state index in [1.54, 1.807) is 24.3 Å². The van der Waals surface area contributed by atoms with Crippen LogP contribution < -0.4 is 9.62 Å². The minimum atomic E-state index is -3.28. The van der Waals surface area contributed by atoms with E-state index in [0.717, 1.165) is 17.5 Å². The average Bonchev–Trinajstić information content (AvgIpc) is 2.47. The third kappa shape index (κ3) is 4.33. The van der Waals surface area contributed by atoms with Crippen molar-refractivity contribution in [2.45, 2.75) is 6.42 Å². The molecule has 0 fully saturated rings. The van der Waals surface area contributed by atoms with Gasteiger partial charge in [-0.2, -0.15) is 0 Å². The number of amides is 1. The SMILES string of the molecule is CN(c1ccc(CC(=O)Nc2ccccc2)cc1)S(C)(=O)=O. The van der Waals surface area contributed by atoms with Crippen LogP contribution in [0.3, 0.4) is 0 Å². The van der Waals surface area contributed by atoms with E-state index in [1.165, 1.54) is 11.4 Å². The lowest BCUT2D eigenvalue weighted by Gasteiger charge is -2.16. The maximum absolute atomic E-state index is 11.9. The van der Waals surface area contributed by atoms with E-state index >= 15 is 0 Å². The van der Waals surface area contributed by atoms with Crippen molar-refractivity contribution in [3.05, 3.63) is 60.2 Å². The van der Waals surface area contributed by atoms with E-state index < -0.39 is 10.0 Å². The van der Waals surface area contributed by atoms with Crippen molar-refractivity contribution in [3.63, 3.8) is 0 Å². The highest BCUT2D eigenvalue weighted by Crippen LogP contribution is 2.17. The molecule has 0 unspecified atom stereocenters. The first-order valence-corrected chi connectivity index (χ1v) is 8.59. The zero-order valence-electron chi connectivity index (χ0n) is 12.5. The second kappa shape index (κ2) is 6.62. The van der Waals surface area contributed by atoms with Crippen LogP contribution in [0.25, 0.3) is 0 Å². The van der Waals surface area contributed by atoms with Crippen LogP contribution in [0.2, 0.25) is 0 Å². The minimum absolute atomic E-state index is 0.115. The van der Waals surface area contributed by atoms with Crippen molar-refractivity contribution < 1.29 is 13.2 Å². The molecule has 0 aliphatic rings. The summed E-state index contributed by atoms with van der Waals surface area (Å²) in [5, 5.41) is 2.81. The number of hydrogen-bond acceptors (Lipinski definition) is 3. The molecule has 5 nitrogen and oxygen atoms in total. The molecule has 2 aromatic rings. The standard InChI is InChI=1S/C16H18N2O3S/c1-18(22(2,20)21)15-10-8-13(9-11-15)12-16(19)17-14-6-4-3-5-7-14/h3-11H,12H2,1-2H3,(H,17,19). The molecule has 6 heteroatoms. The van der Waals surface area contributed by atoms with Crippen LogP contribution >= 0.6 is 0 Å². The third-order valence-corrected chi connectivity index (χ3v) is 4.43. The molecular formula is C16H18N2O3S. The Morgan fingerprint density at radius 3 is 2.18 bits per heavy atom. The highest BCUT2D eigenvalue weighted by atomic mass is 32.2. The summed E-state index contributed by atoms with van der Waals surface area (Å²) in [6.45, 7) is 0. The molecule has 0 atom stereocenters. The summed E-state index contributed by atoms with van der Waals surface area (Å²) in [4.78, 5) is 11.9. The number of benzene rings is 2. The number of rotatable bonds is 5. The normalized spacial score (nSPS) is 11.0. The van der Waals surface area contributed by atoms with Gasteiger partial charge in [0.25, 0.3) is 0 Å². The smallest absolute Gasteiger partial charge is 0.231 e. The summed E-state index contributed by atoms with van der Waals surface area (Å²) in [5.74, 6) is -0.115. The highest BCUT2D eigenvalue weighted by molar-refractivity contribution is 7.92. The Hall–Kier alpha value is -2.34. The van der Waals surface area contributed by atoms with Crippen LogP contribution in [0.1, 0.15) is 5.56 Å². The predicted molar refractivity (Wildman–Crippen MR) is 88.5 cm³/mol. The van der Waals surface area contributed by atoms with Crippen LogP contribution in [0.15, 0.2) is 54.6 Å². The van der Waals surface area contributed by atoms with Crippen LogP contribution in [0.5, 0.6) is 0 Å².